The van der Waals surface area contributed by atoms with Crippen LogP contribution in [0.15, 0.2) is 54.6 Å². The van der Waals surface area contributed by atoms with E-state index < -0.39 is 5.97 Å². The fourth-order valence-electron chi connectivity index (χ4n) is 3.12. The first-order chi connectivity index (χ1) is 13.6. The number of aromatic amines is 1. The summed E-state index contributed by atoms with van der Waals surface area (Å²) in [5.74, 6) is -0.416. The third-order valence-corrected chi connectivity index (χ3v) is 4.60. The van der Waals surface area contributed by atoms with E-state index in [0.717, 1.165) is 5.56 Å². The first kappa shape index (κ1) is 18.0. The lowest BCUT2D eigenvalue weighted by Crippen LogP contribution is -2.01. The van der Waals surface area contributed by atoms with Crippen molar-refractivity contribution in [1.82, 2.24) is 15.2 Å². The highest BCUT2D eigenvalue weighted by Crippen LogP contribution is 2.34. The number of nitrogens with one attached hydrogen (secondary N) is 1. The Morgan fingerprint density at radius 3 is 2.64 bits per heavy atom. The summed E-state index contributed by atoms with van der Waals surface area (Å²) in [4.78, 5) is 16.6. The molecule has 0 atom stereocenters. The highest BCUT2D eigenvalue weighted by molar-refractivity contribution is 6.30. The summed E-state index contributed by atoms with van der Waals surface area (Å²) in [6.07, 6.45) is 0. The van der Waals surface area contributed by atoms with Crippen molar-refractivity contribution in [1.29, 1.82) is 0 Å². The standard InChI is InChI=1S/C21H16ClN3O3/c1-2-28-17-6-4-3-5-14(17)16-11-15(21(26)27)18-19(24-25-20(18)23-16)12-7-9-13(22)10-8-12/h3-11H,2H2,1H3,(H,26,27)(H,23,24,25). The van der Waals surface area contributed by atoms with Gasteiger partial charge in [0, 0.05) is 16.1 Å². The normalized spacial score (nSPS) is 10.9. The molecule has 0 fully saturated rings. The summed E-state index contributed by atoms with van der Waals surface area (Å²) in [7, 11) is 0. The van der Waals surface area contributed by atoms with E-state index in [-0.39, 0.29) is 5.56 Å². The number of H-pyrrole nitrogens is 1. The molecule has 0 aliphatic heterocycles. The molecular weight excluding hydrogens is 378 g/mol. The van der Waals surface area contributed by atoms with Gasteiger partial charge < -0.3 is 9.84 Å². The van der Waals surface area contributed by atoms with Gasteiger partial charge in [0.15, 0.2) is 5.65 Å². The number of rotatable bonds is 5. The van der Waals surface area contributed by atoms with E-state index in [9.17, 15) is 9.90 Å². The number of aromatic carboxylic acids is 1. The molecule has 0 saturated heterocycles. The number of ether oxygens (including phenoxy) is 1. The van der Waals surface area contributed by atoms with Crippen molar-refractivity contribution in [3.63, 3.8) is 0 Å². The third kappa shape index (κ3) is 3.18. The van der Waals surface area contributed by atoms with Gasteiger partial charge in [-0.25, -0.2) is 9.78 Å². The largest absolute Gasteiger partial charge is 0.493 e. The van der Waals surface area contributed by atoms with Crippen molar-refractivity contribution in [2.75, 3.05) is 6.61 Å². The number of hydrogen-bond acceptors (Lipinski definition) is 4. The molecule has 7 heteroatoms. The minimum absolute atomic E-state index is 0.116. The van der Waals surface area contributed by atoms with E-state index >= 15 is 0 Å². The monoisotopic (exact) mass is 393 g/mol. The van der Waals surface area contributed by atoms with Crippen molar-refractivity contribution >= 4 is 28.6 Å². The van der Waals surface area contributed by atoms with Crippen LogP contribution in [0.3, 0.4) is 0 Å². The van der Waals surface area contributed by atoms with E-state index in [1.807, 2.05) is 31.2 Å². The van der Waals surface area contributed by atoms with E-state index in [4.69, 9.17) is 16.3 Å². The molecule has 0 aliphatic carbocycles. The van der Waals surface area contributed by atoms with Crippen LogP contribution in [0.2, 0.25) is 5.02 Å². The molecule has 0 unspecified atom stereocenters. The second-order valence-corrected chi connectivity index (χ2v) is 6.53. The van der Waals surface area contributed by atoms with E-state index in [1.54, 1.807) is 30.3 Å². The van der Waals surface area contributed by atoms with Crippen molar-refractivity contribution in [3.8, 4) is 28.3 Å². The molecule has 0 spiro atoms. The van der Waals surface area contributed by atoms with Crippen LogP contribution in [0.4, 0.5) is 0 Å². The van der Waals surface area contributed by atoms with Crippen LogP contribution in [-0.4, -0.2) is 32.9 Å². The van der Waals surface area contributed by atoms with Crippen LogP contribution in [0.25, 0.3) is 33.5 Å². The number of carboxylic acid groups (broad SMARTS) is 1. The van der Waals surface area contributed by atoms with Gasteiger partial charge in [0.1, 0.15) is 5.75 Å². The zero-order valence-corrected chi connectivity index (χ0v) is 15.7. The van der Waals surface area contributed by atoms with Gasteiger partial charge in [0.05, 0.1) is 28.9 Å². The third-order valence-electron chi connectivity index (χ3n) is 4.35. The summed E-state index contributed by atoms with van der Waals surface area (Å²) in [6, 6.07) is 16.0. The molecule has 0 amide bonds. The number of carboxylic acids is 1. The van der Waals surface area contributed by atoms with Gasteiger partial charge >= 0.3 is 5.97 Å². The molecule has 2 aromatic carbocycles. The summed E-state index contributed by atoms with van der Waals surface area (Å²) in [6.45, 7) is 2.39. The highest BCUT2D eigenvalue weighted by atomic mass is 35.5. The smallest absolute Gasteiger partial charge is 0.336 e. The highest BCUT2D eigenvalue weighted by Gasteiger charge is 2.20. The van der Waals surface area contributed by atoms with Gasteiger partial charge in [-0.3, -0.25) is 5.10 Å². The Morgan fingerprint density at radius 2 is 1.93 bits per heavy atom. The molecule has 28 heavy (non-hydrogen) atoms. The number of fused-ring (bicyclic) bond motifs is 1. The maximum absolute atomic E-state index is 12.0. The Morgan fingerprint density at radius 1 is 1.18 bits per heavy atom. The number of hydrogen-bond donors (Lipinski definition) is 2. The molecule has 4 rings (SSSR count). The zero-order valence-electron chi connectivity index (χ0n) is 14.9. The van der Waals surface area contributed by atoms with Crippen molar-refractivity contribution < 1.29 is 14.6 Å². The van der Waals surface area contributed by atoms with E-state index in [2.05, 4.69) is 15.2 Å². The Bertz CT molecular complexity index is 1170. The van der Waals surface area contributed by atoms with Gasteiger partial charge in [-0.05, 0) is 37.3 Å². The van der Waals surface area contributed by atoms with Gasteiger partial charge in [-0.1, -0.05) is 35.9 Å². The van der Waals surface area contributed by atoms with Gasteiger partial charge in [-0.15, -0.1) is 0 Å². The molecule has 0 bridgehead atoms. The molecule has 4 aromatic rings. The number of benzene rings is 2. The predicted octanol–water partition coefficient (Wildman–Crippen LogP) is 5.04. The van der Waals surface area contributed by atoms with Crippen LogP contribution in [0.1, 0.15) is 17.3 Å². The summed E-state index contributed by atoms with van der Waals surface area (Å²) in [5.41, 5.74) is 3.00. The van der Waals surface area contributed by atoms with Gasteiger partial charge in [0.25, 0.3) is 0 Å². The number of para-hydroxylation sites is 1. The lowest BCUT2D eigenvalue weighted by molar-refractivity contribution is 0.0699. The summed E-state index contributed by atoms with van der Waals surface area (Å²) < 4.78 is 5.66. The lowest BCUT2D eigenvalue weighted by atomic mass is 10.0. The Balaban J connectivity index is 1.94. The van der Waals surface area contributed by atoms with Gasteiger partial charge in [0.2, 0.25) is 0 Å². The quantitative estimate of drug-likeness (QED) is 0.495. The number of carbonyl (C=O) groups is 1. The first-order valence-electron chi connectivity index (χ1n) is 8.69. The Hall–Kier alpha value is -3.38. The molecule has 0 aliphatic rings. The van der Waals surface area contributed by atoms with Crippen LogP contribution in [-0.2, 0) is 0 Å². The van der Waals surface area contributed by atoms with Gasteiger partial charge in [-0.2, -0.15) is 5.10 Å². The van der Waals surface area contributed by atoms with E-state index in [0.29, 0.717) is 45.4 Å². The second kappa shape index (κ2) is 7.32. The lowest BCUT2D eigenvalue weighted by Gasteiger charge is -2.10. The van der Waals surface area contributed by atoms with E-state index in [1.165, 1.54) is 0 Å². The Labute approximate surface area is 165 Å². The second-order valence-electron chi connectivity index (χ2n) is 6.09. The zero-order chi connectivity index (χ0) is 19.7. The molecule has 0 saturated carbocycles. The van der Waals surface area contributed by atoms with Crippen LogP contribution < -0.4 is 4.74 Å². The molecule has 2 aromatic heterocycles. The average Bonchev–Trinajstić information content (AvgIpc) is 3.12. The molecule has 140 valence electrons. The molecular formula is C21H16ClN3O3. The van der Waals surface area contributed by atoms with Crippen molar-refractivity contribution in [3.05, 3.63) is 65.2 Å². The summed E-state index contributed by atoms with van der Waals surface area (Å²) >= 11 is 5.96. The number of aromatic nitrogens is 3. The molecule has 2 heterocycles. The number of nitrogens with zero attached hydrogens (tertiary/aromatic N) is 2. The number of pyridine rings is 1. The molecule has 2 N–H and O–H groups in total. The maximum Gasteiger partial charge on any atom is 0.336 e. The summed E-state index contributed by atoms with van der Waals surface area (Å²) in [5, 5.41) is 18.0. The fourth-order valence-corrected chi connectivity index (χ4v) is 3.24. The van der Waals surface area contributed by atoms with Crippen LogP contribution >= 0.6 is 11.6 Å². The maximum atomic E-state index is 12.0. The van der Waals surface area contributed by atoms with Crippen LogP contribution in [0, 0.1) is 0 Å². The van der Waals surface area contributed by atoms with Crippen molar-refractivity contribution in [2.45, 2.75) is 6.92 Å². The first-order valence-corrected chi connectivity index (χ1v) is 9.07. The predicted molar refractivity (Wildman–Crippen MR) is 108 cm³/mol. The van der Waals surface area contributed by atoms with Crippen LogP contribution in [0.5, 0.6) is 5.75 Å². The van der Waals surface area contributed by atoms with Crippen molar-refractivity contribution in [2.24, 2.45) is 0 Å². The SMILES string of the molecule is CCOc1ccccc1-c1cc(C(=O)O)c2c(-c3ccc(Cl)cc3)[nH]nc2n1. The Kier molecular flexibility index (Phi) is 4.71. The average molecular weight is 394 g/mol. The molecule has 6 nitrogen and oxygen atoms in total. The fraction of sp³-hybridized carbons (Fsp3) is 0.0952. The topological polar surface area (TPSA) is 88.1 Å². The minimum atomic E-state index is -1.06. The minimum Gasteiger partial charge on any atom is -0.493 e. The molecule has 0 radical (unpaired) electrons. The number of halogens is 1.